The van der Waals surface area contributed by atoms with Gasteiger partial charge >= 0.3 is 0 Å². The zero-order chi connectivity index (χ0) is 17.7. The predicted octanol–water partition coefficient (Wildman–Crippen LogP) is -0.442. The van der Waals surface area contributed by atoms with Crippen molar-refractivity contribution in [3.8, 4) is 0 Å². The second-order valence-electron chi connectivity index (χ2n) is 5.30. The van der Waals surface area contributed by atoms with E-state index in [9.17, 15) is 18.0 Å². The SMILES string of the molecule is Cc1cncn(CC(=O)NCCc2ccc(S(N)(=O)=O)cc2)c1=O. The molecule has 0 saturated carbocycles. The smallest absolute Gasteiger partial charge is 0.256 e. The molecular weight excluding hydrogens is 332 g/mol. The van der Waals surface area contributed by atoms with E-state index >= 15 is 0 Å². The van der Waals surface area contributed by atoms with Crippen LogP contribution in [0, 0.1) is 6.92 Å². The van der Waals surface area contributed by atoms with Crippen LogP contribution in [0.15, 0.2) is 46.5 Å². The molecular formula is C15H18N4O4S. The third-order valence-corrected chi connectivity index (χ3v) is 4.30. The maximum Gasteiger partial charge on any atom is 0.256 e. The van der Waals surface area contributed by atoms with Crippen LogP contribution in [-0.4, -0.2) is 30.4 Å². The molecule has 1 aromatic heterocycles. The molecule has 0 radical (unpaired) electrons. The average Bonchev–Trinajstić information content (AvgIpc) is 2.51. The number of benzene rings is 1. The molecule has 0 atom stereocenters. The topological polar surface area (TPSA) is 124 Å². The van der Waals surface area contributed by atoms with Gasteiger partial charge in [0.25, 0.3) is 5.56 Å². The molecule has 0 fully saturated rings. The van der Waals surface area contributed by atoms with Gasteiger partial charge in [0.1, 0.15) is 6.54 Å². The summed E-state index contributed by atoms with van der Waals surface area (Å²) in [4.78, 5) is 27.6. The molecule has 2 aromatic rings. The Morgan fingerprint density at radius 2 is 1.96 bits per heavy atom. The standard InChI is InChI=1S/C15H18N4O4S/c1-11-8-17-10-19(15(11)21)9-14(20)18-7-6-12-2-4-13(5-3-12)24(16,22)23/h2-5,8,10H,6-7,9H2,1H3,(H,18,20)(H2,16,22,23). The third-order valence-electron chi connectivity index (χ3n) is 3.37. The van der Waals surface area contributed by atoms with E-state index < -0.39 is 10.0 Å². The minimum absolute atomic E-state index is 0.0432. The number of nitrogens with two attached hydrogens (primary N) is 1. The number of primary sulfonamides is 1. The monoisotopic (exact) mass is 350 g/mol. The number of aryl methyl sites for hydroxylation is 1. The Morgan fingerprint density at radius 1 is 1.29 bits per heavy atom. The quantitative estimate of drug-likeness (QED) is 0.731. The molecule has 1 heterocycles. The second kappa shape index (κ2) is 7.37. The lowest BCUT2D eigenvalue weighted by Gasteiger charge is -2.08. The van der Waals surface area contributed by atoms with Crippen molar-refractivity contribution in [2.75, 3.05) is 6.54 Å². The number of sulfonamides is 1. The van der Waals surface area contributed by atoms with Crippen molar-refractivity contribution in [2.24, 2.45) is 5.14 Å². The Kier molecular flexibility index (Phi) is 5.47. The van der Waals surface area contributed by atoms with Gasteiger partial charge in [-0.1, -0.05) is 12.1 Å². The Bertz CT molecular complexity index is 888. The molecule has 0 aliphatic carbocycles. The highest BCUT2D eigenvalue weighted by Gasteiger charge is 2.08. The van der Waals surface area contributed by atoms with Gasteiger partial charge in [0.15, 0.2) is 0 Å². The highest BCUT2D eigenvalue weighted by molar-refractivity contribution is 7.89. The lowest BCUT2D eigenvalue weighted by molar-refractivity contribution is -0.121. The largest absolute Gasteiger partial charge is 0.354 e. The van der Waals surface area contributed by atoms with Crippen molar-refractivity contribution in [3.63, 3.8) is 0 Å². The molecule has 0 bridgehead atoms. The summed E-state index contributed by atoms with van der Waals surface area (Å²) in [6.07, 6.45) is 3.29. The fourth-order valence-electron chi connectivity index (χ4n) is 2.08. The van der Waals surface area contributed by atoms with E-state index in [2.05, 4.69) is 10.3 Å². The van der Waals surface area contributed by atoms with Crippen LogP contribution in [0.3, 0.4) is 0 Å². The molecule has 24 heavy (non-hydrogen) atoms. The van der Waals surface area contributed by atoms with Crippen LogP contribution in [0.1, 0.15) is 11.1 Å². The summed E-state index contributed by atoms with van der Waals surface area (Å²) in [6.45, 7) is 1.90. The molecule has 1 aromatic carbocycles. The highest BCUT2D eigenvalue weighted by Crippen LogP contribution is 2.08. The van der Waals surface area contributed by atoms with E-state index in [-0.39, 0.29) is 22.9 Å². The molecule has 1 amide bonds. The first-order valence-corrected chi connectivity index (χ1v) is 8.71. The number of carbonyl (C=O) groups excluding carboxylic acids is 1. The zero-order valence-electron chi connectivity index (χ0n) is 13.1. The Labute approximate surface area is 139 Å². The van der Waals surface area contributed by atoms with Gasteiger partial charge in [0.05, 0.1) is 11.2 Å². The minimum atomic E-state index is -3.70. The molecule has 0 saturated heterocycles. The highest BCUT2D eigenvalue weighted by atomic mass is 32.2. The van der Waals surface area contributed by atoms with Gasteiger partial charge in [-0.05, 0) is 31.0 Å². The summed E-state index contributed by atoms with van der Waals surface area (Å²) in [5, 5.41) is 7.73. The summed E-state index contributed by atoms with van der Waals surface area (Å²) in [5.74, 6) is -0.300. The summed E-state index contributed by atoms with van der Waals surface area (Å²) in [6, 6.07) is 6.12. The van der Waals surface area contributed by atoms with Gasteiger partial charge in [-0.25, -0.2) is 18.5 Å². The first kappa shape index (κ1) is 17.8. The van der Waals surface area contributed by atoms with Crippen molar-refractivity contribution < 1.29 is 13.2 Å². The number of nitrogens with one attached hydrogen (secondary N) is 1. The van der Waals surface area contributed by atoms with Crippen molar-refractivity contribution in [1.29, 1.82) is 0 Å². The van der Waals surface area contributed by atoms with Crippen LogP contribution in [0.5, 0.6) is 0 Å². The molecule has 9 heteroatoms. The van der Waals surface area contributed by atoms with E-state index in [1.54, 1.807) is 19.1 Å². The van der Waals surface area contributed by atoms with E-state index in [4.69, 9.17) is 5.14 Å². The molecule has 0 spiro atoms. The molecule has 0 unspecified atom stereocenters. The summed E-state index contributed by atoms with van der Waals surface area (Å²) in [5.41, 5.74) is 1.08. The van der Waals surface area contributed by atoms with E-state index in [1.807, 2.05) is 0 Å². The average molecular weight is 350 g/mol. The molecule has 2 rings (SSSR count). The molecule has 128 valence electrons. The fourth-order valence-corrected chi connectivity index (χ4v) is 2.59. The van der Waals surface area contributed by atoms with E-state index in [0.717, 1.165) is 5.56 Å². The number of hydrogen-bond donors (Lipinski definition) is 2. The molecule has 0 aliphatic heterocycles. The predicted molar refractivity (Wildman–Crippen MR) is 87.8 cm³/mol. The van der Waals surface area contributed by atoms with Crippen LogP contribution in [0.25, 0.3) is 0 Å². The van der Waals surface area contributed by atoms with E-state index in [1.165, 1.54) is 29.2 Å². The molecule has 0 aliphatic rings. The van der Waals surface area contributed by atoms with Gasteiger partial charge in [0, 0.05) is 18.3 Å². The summed E-state index contributed by atoms with van der Waals surface area (Å²) < 4.78 is 23.6. The Hall–Kier alpha value is -2.52. The molecule has 8 nitrogen and oxygen atoms in total. The lowest BCUT2D eigenvalue weighted by atomic mass is 10.1. The maximum absolute atomic E-state index is 11.9. The Balaban J connectivity index is 1.87. The summed E-state index contributed by atoms with van der Waals surface area (Å²) >= 11 is 0. The molecule has 3 N–H and O–H groups in total. The van der Waals surface area contributed by atoms with Gasteiger partial charge in [-0.2, -0.15) is 0 Å². The van der Waals surface area contributed by atoms with Crippen LogP contribution in [0.4, 0.5) is 0 Å². The van der Waals surface area contributed by atoms with Crippen molar-refractivity contribution in [2.45, 2.75) is 24.8 Å². The number of nitrogens with zero attached hydrogens (tertiary/aromatic N) is 2. The Morgan fingerprint density at radius 3 is 2.58 bits per heavy atom. The van der Waals surface area contributed by atoms with Crippen molar-refractivity contribution in [3.05, 3.63) is 58.3 Å². The maximum atomic E-state index is 11.9. The van der Waals surface area contributed by atoms with Crippen LogP contribution in [0.2, 0.25) is 0 Å². The minimum Gasteiger partial charge on any atom is -0.354 e. The number of amides is 1. The third kappa shape index (κ3) is 4.74. The van der Waals surface area contributed by atoms with E-state index in [0.29, 0.717) is 18.5 Å². The lowest BCUT2D eigenvalue weighted by Crippen LogP contribution is -2.34. The van der Waals surface area contributed by atoms with Crippen LogP contribution in [-0.2, 0) is 27.8 Å². The van der Waals surface area contributed by atoms with Crippen molar-refractivity contribution in [1.82, 2.24) is 14.9 Å². The number of carbonyl (C=O) groups is 1. The normalized spacial score (nSPS) is 11.2. The van der Waals surface area contributed by atoms with Gasteiger partial charge in [0.2, 0.25) is 15.9 Å². The number of hydrogen-bond acceptors (Lipinski definition) is 5. The van der Waals surface area contributed by atoms with Gasteiger partial charge < -0.3 is 5.32 Å². The fraction of sp³-hybridized carbons (Fsp3) is 0.267. The van der Waals surface area contributed by atoms with Crippen LogP contribution < -0.4 is 16.0 Å². The number of rotatable bonds is 6. The first-order valence-electron chi connectivity index (χ1n) is 7.17. The number of aromatic nitrogens is 2. The first-order chi connectivity index (χ1) is 11.3. The van der Waals surface area contributed by atoms with Crippen molar-refractivity contribution >= 4 is 15.9 Å². The summed E-state index contributed by atoms with van der Waals surface area (Å²) in [7, 11) is -3.70. The van der Waals surface area contributed by atoms with Gasteiger partial charge in [-0.3, -0.25) is 14.2 Å². The van der Waals surface area contributed by atoms with Gasteiger partial charge in [-0.15, -0.1) is 0 Å². The second-order valence-corrected chi connectivity index (χ2v) is 6.86. The zero-order valence-corrected chi connectivity index (χ0v) is 13.9. The van der Waals surface area contributed by atoms with Crippen LogP contribution >= 0.6 is 0 Å².